The number of rotatable bonds is 9. The Bertz CT molecular complexity index is 627. The van der Waals surface area contributed by atoms with E-state index in [-0.39, 0.29) is 5.91 Å². The fraction of sp³-hybridized carbons (Fsp3) is 0.650. The molecule has 8 nitrogen and oxygen atoms in total. The molecule has 2 heterocycles. The largest absolute Gasteiger partial charge is 0.378 e. The van der Waals surface area contributed by atoms with Crippen LogP contribution in [0.1, 0.15) is 32.8 Å². The SMILES string of the molecule is CCNC(=NCc1cccnc1N1CCOCC1)NCCC(=O)N(CC)CC. The number of carbonyl (C=O) groups is 1. The van der Waals surface area contributed by atoms with Crippen LogP contribution in [0.25, 0.3) is 0 Å². The molecule has 0 spiro atoms. The van der Waals surface area contributed by atoms with Gasteiger partial charge in [-0.05, 0) is 26.8 Å². The predicted octanol–water partition coefficient (Wildman–Crippen LogP) is 1.23. The minimum atomic E-state index is 0.162. The number of ether oxygens (including phenoxy) is 1. The van der Waals surface area contributed by atoms with Crippen LogP contribution in [0.15, 0.2) is 23.3 Å². The molecule has 2 N–H and O–H groups in total. The first kappa shape index (κ1) is 21.9. The van der Waals surface area contributed by atoms with Gasteiger partial charge in [0.15, 0.2) is 5.96 Å². The van der Waals surface area contributed by atoms with Gasteiger partial charge in [0.2, 0.25) is 5.91 Å². The quantitative estimate of drug-likeness (QED) is 0.488. The van der Waals surface area contributed by atoms with Crippen LogP contribution in [0.4, 0.5) is 5.82 Å². The number of anilines is 1. The molecule has 8 heteroatoms. The first-order chi connectivity index (χ1) is 13.7. The zero-order valence-electron chi connectivity index (χ0n) is 17.4. The Morgan fingerprint density at radius 2 is 2.00 bits per heavy atom. The van der Waals surface area contributed by atoms with Gasteiger partial charge in [0.1, 0.15) is 5.82 Å². The maximum absolute atomic E-state index is 12.1. The number of amides is 1. The number of hydrogen-bond acceptors (Lipinski definition) is 5. The zero-order chi connectivity index (χ0) is 20.2. The smallest absolute Gasteiger partial charge is 0.224 e. The maximum Gasteiger partial charge on any atom is 0.224 e. The number of guanidine groups is 1. The number of carbonyl (C=O) groups excluding carboxylic acids is 1. The molecule has 1 saturated heterocycles. The molecule has 1 aromatic rings. The Kier molecular flexibility index (Phi) is 9.54. The van der Waals surface area contributed by atoms with Crippen LogP contribution in [-0.4, -0.2) is 74.2 Å². The summed E-state index contributed by atoms with van der Waals surface area (Å²) in [6.45, 7) is 12.5. The van der Waals surface area contributed by atoms with Crippen LogP contribution < -0.4 is 15.5 Å². The highest BCUT2D eigenvalue weighted by molar-refractivity contribution is 5.81. The van der Waals surface area contributed by atoms with E-state index in [4.69, 9.17) is 9.73 Å². The Hall–Kier alpha value is -2.35. The number of nitrogens with zero attached hydrogens (tertiary/aromatic N) is 4. The number of pyridine rings is 1. The first-order valence-corrected chi connectivity index (χ1v) is 10.3. The van der Waals surface area contributed by atoms with Gasteiger partial charge in [-0.2, -0.15) is 0 Å². The molecule has 0 radical (unpaired) electrons. The van der Waals surface area contributed by atoms with Crippen molar-refractivity contribution in [3.05, 3.63) is 23.9 Å². The van der Waals surface area contributed by atoms with Crippen molar-refractivity contribution in [3.63, 3.8) is 0 Å². The number of aliphatic imine (C=N–C) groups is 1. The van der Waals surface area contributed by atoms with Crippen molar-refractivity contribution in [1.82, 2.24) is 20.5 Å². The summed E-state index contributed by atoms with van der Waals surface area (Å²) >= 11 is 0. The molecule has 0 aromatic carbocycles. The molecule has 1 amide bonds. The van der Waals surface area contributed by atoms with Crippen molar-refractivity contribution in [2.24, 2.45) is 4.99 Å². The van der Waals surface area contributed by atoms with Crippen molar-refractivity contribution in [2.75, 3.05) is 57.4 Å². The lowest BCUT2D eigenvalue weighted by Gasteiger charge is -2.29. The van der Waals surface area contributed by atoms with Crippen LogP contribution in [0.2, 0.25) is 0 Å². The van der Waals surface area contributed by atoms with Gasteiger partial charge in [0.05, 0.1) is 19.8 Å². The molecule has 0 aliphatic carbocycles. The highest BCUT2D eigenvalue weighted by atomic mass is 16.5. The number of nitrogens with one attached hydrogen (secondary N) is 2. The molecule has 156 valence electrons. The van der Waals surface area contributed by atoms with Crippen LogP contribution in [0, 0.1) is 0 Å². The van der Waals surface area contributed by atoms with Gasteiger partial charge in [0, 0.05) is 57.4 Å². The van der Waals surface area contributed by atoms with Gasteiger partial charge in [-0.15, -0.1) is 0 Å². The van der Waals surface area contributed by atoms with Crippen molar-refractivity contribution in [2.45, 2.75) is 33.7 Å². The lowest BCUT2D eigenvalue weighted by molar-refractivity contribution is -0.130. The Balaban J connectivity index is 1.96. The molecule has 1 fully saturated rings. The van der Waals surface area contributed by atoms with E-state index < -0.39 is 0 Å². The second-order valence-corrected chi connectivity index (χ2v) is 6.52. The van der Waals surface area contributed by atoms with Crippen molar-refractivity contribution in [3.8, 4) is 0 Å². The molecule has 1 aliphatic rings. The Morgan fingerprint density at radius 1 is 1.25 bits per heavy atom. The third-order valence-electron chi connectivity index (χ3n) is 4.68. The molecular formula is C20H34N6O2. The Morgan fingerprint density at radius 3 is 2.68 bits per heavy atom. The van der Waals surface area contributed by atoms with E-state index >= 15 is 0 Å². The predicted molar refractivity (Wildman–Crippen MR) is 113 cm³/mol. The minimum absolute atomic E-state index is 0.162. The minimum Gasteiger partial charge on any atom is -0.378 e. The molecule has 0 bridgehead atoms. The van der Waals surface area contributed by atoms with E-state index in [2.05, 4.69) is 26.6 Å². The summed E-state index contributed by atoms with van der Waals surface area (Å²) in [5, 5.41) is 6.50. The topological polar surface area (TPSA) is 82.1 Å². The summed E-state index contributed by atoms with van der Waals surface area (Å²) in [6.07, 6.45) is 2.28. The monoisotopic (exact) mass is 390 g/mol. The normalized spacial score (nSPS) is 14.7. The van der Waals surface area contributed by atoms with E-state index in [1.807, 2.05) is 37.9 Å². The molecule has 28 heavy (non-hydrogen) atoms. The summed E-state index contributed by atoms with van der Waals surface area (Å²) in [5.41, 5.74) is 1.08. The fourth-order valence-electron chi connectivity index (χ4n) is 3.14. The van der Waals surface area contributed by atoms with E-state index in [0.29, 0.717) is 25.5 Å². The lowest BCUT2D eigenvalue weighted by atomic mass is 10.2. The van der Waals surface area contributed by atoms with E-state index in [1.165, 1.54) is 0 Å². The fourth-order valence-corrected chi connectivity index (χ4v) is 3.14. The zero-order valence-corrected chi connectivity index (χ0v) is 17.4. The third-order valence-corrected chi connectivity index (χ3v) is 4.68. The van der Waals surface area contributed by atoms with Gasteiger partial charge >= 0.3 is 0 Å². The van der Waals surface area contributed by atoms with Crippen molar-refractivity contribution in [1.29, 1.82) is 0 Å². The molecule has 0 atom stereocenters. The lowest BCUT2D eigenvalue weighted by Crippen LogP contribution is -2.40. The summed E-state index contributed by atoms with van der Waals surface area (Å²) in [5.74, 6) is 1.85. The average Bonchev–Trinajstić information content (AvgIpc) is 2.74. The third kappa shape index (κ3) is 6.67. The first-order valence-electron chi connectivity index (χ1n) is 10.3. The van der Waals surface area contributed by atoms with Gasteiger partial charge in [-0.25, -0.2) is 9.98 Å². The summed E-state index contributed by atoms with van der Waals surface area (Å²) in [6, 6.07) is 4.01. The number of aromatic nitrogens is 1. The van der Waals surface area contributed by atoms with E-state index in [9.17, 15) is 4.79 Å². The molecule has 0 unspecified atom stereocenters. The van der Waals surface area contributed by atoms with E-state index in [0.717, 1.165) is 57.3 Å². The van der Waals surface area contributed by atoms with Crippen LogP contribution >= 0.6 is 0 Å². The molecule has 2 rings (SSSR count). The van der Waals surface area contributed by atoms with Gasteiger partial charge in [-0.3, -0.25) is 4.79 Å². The van der Waals surface area contributed by atoms with Crippen LogP contribution in [0.3, 0.4) is 0 Å². The van der Waals surface area contributed by atoms with Crippen LogP contribution in [-0.2, 0) is 16.1 Å². The molecule has 0 saturated carbocycles. The summed E-state index contributed by atoms with van der Waals surface area (Å²) < 4.78 is 5.44. The maximum atomic E-state index is 12.1. The second-order valence-electron chi connectivity index (χ2n) is 6.52. The van der Waals surface area contributed by atoms with Gasteiger partial charge < -0.3 is 25.2 Å². The van der Waals surface area contributed by atoms with E-state index in [1.54, 1.807) is 0 Å². The highest BCUT2D eigenvalue weighted by Gasteiger charge is 2.15. The second kappa shape index (κ2) is 12.2. The van der Waals surface area contributed by atoms with Gasteiger partial charge in [-0.1, -0.05) is 6.07 Å². The molecule has 1 aromatic heterocycles. The summed E-state index contributed by atoms with van der Waals surface area (Å²) in [7, 11) is 0. The van der Waals surface area contributed by atoms with Crippen molar-refractivity contribution < 1.29 is 9.53 Å². The average molecular weight is 391 g/mol. The highest BCUT2D eigenvalue weighted by Crippen LogP contribution is 2.19. The standard InChI is InChI=1S/C20H34N6O2/c1-4-21-20(23-11-9-18(27)25(5-2)6-3)24-16-17-8-7-10-22-19(17)26-12-14-28-15-13-26/h7-8,10H,4-6,9,11-16H2,1-3H3,(H2,21,23,24). The number of morpholine rings is 1. The molecule has 1 aliphatic heterocycles. The molecular weight excluding hydrogens is 356 g/mol. The van der Waals surface area contributed by atoms with Gasteiger partial charge in [0.25, 0.3) is 0 Å². The number of hydrogen-bond donors (Lipinski definition) is 2. The summed E-state index contributed by atoms with van der Waals surface area (Å²) in [4.78, 5) is 25.5. The Labute approximate surface area is 168 Å². The van der Waals surface area contributed by atoms with Crippen LogP contribution in [0.5, 0.6) is 0 Å². The van der Waals surface area contributed by atoms with Crippen molar-refractivity contribution >= 4 is 17.7 Å².